The summed E-state index contributed by atoms with van der Waals surface area (Å²) in [6.07, 6.45) is -0.347. The summed E-state index contributed by atoms with van der Waals surface area (Å²) in [6.45, 7) is 2.83. The highest BCUT2D eigenvalue weighted by Gasteiger charge is 2.22. The zero-order valence-electron chi connectivity index (χ0n) is 9.33. The number of nitrogens with zero attached hydrogens (tertiary/aromatic N) is 2. The van der Waals surface area contributed by atoms with Gasteiger partial charge < -0.3 is 4.42 Å². The first kappa shape index (κ1) is 12.5. The second-order valence-electron chi connectivity index (χ2n) is 3.29. The molecule has 0 fully saturated rings. The molecule has 1 aromatic rings. The number of ketones is 1. The number of hydrogen-bond acceptors (Lipinski definition) is 5. The Kier molecular flexibility index (Phi) is 3.63. The number of Topliss-reactive ketones (excluding diaryl/α,β-unsaturated/α-hetero) is 1. The maximum atomic E-state index is 11.3. The fourth-order valence-corrected chi connectivity index (χ4v) is 1.41. The molecule has 0 aromatic carbocycles. The third-order valence-electron chi connectivity index (χ3n) is 2.04. The number of aryl methyl sites for hydroxylation is 1. The summed E-state index contributed by atoms with van der Waals surface area (Å²) in [5.41, 5.74) is 0.140. The Morgan fingerprint density at radius 2 is 2.06 bits per heavy atom. The quantitative estimate of drug-likeness (QED) is 0.793. The highest BCUT2D eigenvalue weighted by Crippen LogP contribution is 2.26. The largest absolute Gasteiger partial charge is 0.443 e. The fraction of sp³-hybridized carbons (Fsp3) is 0.273. The molecular formula is C11H9N3O3. The first-order valence-corrected chi connectivity index (χ1v) is 4.72. The number of carbonyl (C=O) groups is 2. The average Bonchev–Trinajstić information content (AvgIpc) is 2.54. The molecule has 6 nitrogen and oxygen atoms in total. The van der Waals surface area contributed by atoms with E-state index in [0.29, 0.717) is 0 Å². The molecule has 0 saturated heterocycles. The Morgan fingerprint density at radius 3 is 2.53 bits per heavy atom. The summed E-state index contributed by atoms with van der Waals surface area (Å²) in [6, 6.07) is 3.47. The van der Waals surface area contributed by atoms with Crippen molar-refractivity contribution in [2.45, 2.75) is 20.3 Å². The minimum Gasteiger partial charge on any atom is -0.443 e. The predicted octanol–water partition coefficient (Wildman–Crippen LogP) is 1.51. The molecule has 0 spiro atoms. The van der Waals surface area contributed by atoms with E-state index in [2.05, 4.69) is 5.32 Å². The van der Waals surface area contributed by atoms with Crippen LogP contribution >= 0.6 is 0 Å². The first-order valence-electron chi connectivity index (χ1n) is 4.72. The van der Waals surface area contributed by atoms with Crippen LogP contribution in [0.2, 0.25) is 0 Å². The van der Waals surface area contributed by atoms with Gasteiger partial charge in [0.1, 0.15) is 23.8 Å². The van der Waals surface area contributed by atoms with Gasteiger partial charge in [0.05, 0.1) is 11.6 Å². The molecule has 0 radical (unpaired) electrons. The van der Waals surface area contributed by atoms with Crippen molar-refractivity contribution in [1.29, 1.82) is 10.5 Å². The van der Waals surface area contributed by atoms with Gasteiger partial charge >= 0.3 is 0 Å². The van der Waals surface area contributed by atoms with E-state index in [1.807, 2.05) is 0 Å². The van der Waals surface area contributed by atoms with E-state index in [-0.39, 0.29) is 35.0 Å². The lowest BCUT2D eigenvalue weighted by Gasteiger charge is -1.97. The monoisotopic (exact) mass is 231 g/mol. The highest BCUT2D eigenvalue weighted by molar-refractivity contribution is 6.01. The average molecular weight is 231 g/mol. The molecule has 0 saturated carbocycles. The Bertz CT molecular complexity index is 558. The normalized spacial score (nSPS) is 9.18. The number of amides is 1. The van der Waals surface area contributed by atoms with Gasteiger partial charge in [0, 0.05) is 0 Å². The lowest BCUT2D eigenvalue weighted by atomic mass is 10.1. The third kappa shape index (κ3) is 2.50. The lowest BCUT2D eigenvalue weighted by molar-refractivity contribution is -0.115. The molecular weight excluding hydrogens is 222 g/mol. The fourth-order valence-electron chi connectivity index (χ4n) is 1.41. The zero-order valence-corrected chi connectivity index (χ0v) is 9.33. The number of nitriles is 2. The number of anilines is 1. The standard InChI is InChI=1S/C11H9N3O3/c1-6(15)10-7(2)17-11(8(10)5-13)14-9(16)3-4-12/h3H2,1-2H3,(H,14,16). The molecule has 1 N–H and O–H groups in total. The van der Waals surface area contributed by atoms with E-state index in [0.717, 1.165) is 0 Å². The Labute approximate surface area is 97.4 Å². The summed E-state index contributed by atoms with van der Waals surface area (Å²) in [5, 5.41) is 19.5. The van der Waals surface area contributed by atoms with E-state index >= 15 is 0 Å². The Morgan fingerprint density at radius 1 is 1.41 bits per heavy atom. The van der Waals surface area contributed by atoms with Crippen LogP contribution in [0.1, 0.15) is 35.0 Å². The topological polar surface area (TPSA) is 107 Å². The van der Waals surface area contributed by atoms with Gasteiger partial charge in [-0.05, 0) is 13.8 Å². The molecule has 0 aliphatic rings. The van der Waals surface area contributed by atoms with Crippen LogP contribution in [-0.2, 0) is 4.79 Å². The van der Waals surface area contributed by atoms with E-state index in [1.165, 1.54) is 13.8 Å². The summed E-state index contributed by atoms with van der Waals surface area (Å²) in [7, 11) is 0. The Balaban J connectivity index is 3.16. The highest BCUT2D eigenvalue weighted by atomic mass is 16.4. The van der Waals surface area contributed by atoms with Crippen molar-refractivity contribution >= 4 is 17.6 Å². The SMILES string of the molecule is CC(=O)c1c(C)oc(NC(=O)CC#N)c1C#N. The van der Waals surface area contributed by atoms with Crippen LogP contribution < -0.4 is 5.32 Å². The van der Waals surface area contributed by atoms with Gasteiger partial charge in [-0.2, -0.15) is 10.5 Å². The van der Waals surface area contributed by atoms with Crippen LogP contribution in [0.25, 0.3) is 0 Å². The third-order valence-corrected chi connectivity index (χ3v) is 2.04. The van der Waals surface area contributed by atoms with E-state index in [4.69, 9.17) is 14.9 Å². The molecule has 0 bridgehead atoms. The predicted molar refractivity (Wildman–Crippen MR) is 57.0 cm³/mol. The first-order chi connectivity index (χ1) is 8.01. The maximum absolute atomic E-state index is 11.3. The van der Waals surface area contributed by atoms with Crippen LogP contribution in [0.15, 0.2) is 4.42 Å². The summed E-state index contributed by atoms with van der Waals surface area (Å²) < 4.78 is 5.13. The van der Waals surface area contributed by atoms with Gasteiger partial charge in [-0.3, -0.25) is 14.9 Å². The molecule has 1 amide bonds. The minimum absolute atomic E-state index is 0.0127. The van der Waals surface area contributed by atoms with E-state index in [9.17, 15) is 9.59 Å². The maximum Gasteiger partial charge on any atom is 0.240 e. The number of rotatable bonds is 3. The van der Waals surface area contributed by atoms with Crippen molar-refractivity contribution in [2.24, 2.45) is 0 Å². The summed E-state index contributed by atoms with van der Waals surface area (Å²) in [4.78, 5) is 22.5. The van der Waals surface area contributed by atoms with Crippen LogP contribution in [-0.4, -0.2) is 11.7 Å². The molecule has 0 aliphatic carbocycles. The van der Waals surface area contributed by atoms with Crippen molar-refractivity contribution < 1.29 is 14.0 Å². The molecule has 0 aliphatic heterocycles. The number of nitrogens with one attached hydrogen (secondary N) is 1. The minimum atomic E-state index is -0.590. The zero-order chi connectivity index (χ0) is 13.0. The number of furan rings is 1. The van der Waals surface area contributed by atoms with Gasteiger partial charge in [-0.15, -0.1) is 0 Å². The van der Waals surface area contributed by atoms with Crippen LogP contribution in [0.5, 0.6) is 0 Å². The molecule has 86 valence electrons. The molecule has 0 atom stereocenters. The summed E-state index contributed by atoms with van der Waals surface area (Å²) >= 11 is 0. The molecule has 17 heavy (non-hydrogen) atoms. The van der Waals surface area contributed by atoms with Crippen molar-refractivity contribution in [1.82, 2.24) is 0 Å². The molecule has 6 heteroatoms. The number of carbonyl (C=O) groups excluding carboxylic acids is 2. The second-order valence-corrected chi connectivity index (χ2v) is 3.29. The second kappa shape index (κ2) is 4.95. The van der Waals surface area contributed by atoms with E-state index in [1.54, 1.807) is 12.1 Å². The molecule has 1 heterocycles. The van der Waals surface area contributed by atoms with Gasteiger partial charge in [0.15, 0.2) is 5.78 Å². The van der Waals surface area contributed by atoms with Gasteiger partial charge in [0.2, 0.25) is 11.8 Å². The molecule has 1 rings (SSSR count). The smallest absolute Gasteiger partial charge is 0.240 e. The van der Waals surface area contributed by atoms with Crippen LogP contribution in [0.3, 0.4) is 0 Å². The van der Waals surface area contributed by atoms with E-state index < -0.39 is 5.91 Å². The Hall–Kier alpha value is -2.60. The van der Waals surface area contributed by atoms with Crippen molar-refractivity contribution in [3.63, 3.8) is 0 Å². The van der Waals surface area contributed by atoms with Gasteiger partial charge in [-0.25, -0.2) is 0 Å². The van der Waals surface area contributed by atoms with Crippen molar-refractivity contribution in [2.75, 3.05) is 5.32 Å². The van der Waals surface area contributed by atoms with Crippen LogP contribution in [0, 0.1) is 29.6 Å². The van der Waals surface area contributed by atoms with Gasteiger partial charge in [-0.1, -0.05) is 0 Å². The van der Waals surface area contributed by atoms with Gasteiger partial charge in [0.25, 0.3) is 0 Å². The van der Waals surface area contributed by atoms with Crippen molar-refractivity contribution in [3.05, 3.63) is 16.9 Å². The molecule has 1 aromatic heterocycles. The van der Waals surface area contributed by atoms with Crippen LogP contribution in [0.4, 0.5) is 5.88 Å². The summed E-state index contributed by atoms with van der Waals surface area (Å²) in [5.74, 6) is -0.729. The molecule has 0 unspecified atom stereocenters. The van der Waals surface area contributed by atoms with Crippen molar-refractivity contribution in [3.8, 4) is 12.1 Å². The number of hydrogen-bond donors (Lipinski definition) is 1. The lowest BCUT2D eigenvalue weighted by Crippen LogP contribution is -2.10.